The summed E-state index contributed by atoms with van der Waals surface area (Å²) >= 11 is 0. The van der Waals surface area contributed by atoms with E-state index < -0.39 is 0 Å². The smallest absolute Gasteiger partial charge is 0.234 e. The molecular weight excluding hydrogens is 285 g/mol. The summed E-state index contributed by atoms with van der Waals surface area (Å²) in [5, 5.41) is 12.2. The molecule has 22 heavy (non-hydrogen) atoms. The first kappa shape index (κ1) is 16.9. The molecule has 0 saturated carbocycles. The van der Waals surface area contributed by atoms with E-state index in [1.54, 1.807) is 12.1 Å². The summed E-state index contributed by atoms with van der Waals surface area (Å²) < 4.78 is 12.9. The van der Waals surface area contributed by atoms with Gasteiger partial charge in [0.25, 0.3) is 0 Å². The molecule has 1 aromatic rings. The molecule has 1 aliphatic rings. The second-order valence-electron chi connectivity index (χ2n) is 6.07. The summed E-state index contributed by atoms with van der Waals surface area (Å²) in [7, 11) is 3.81. The minimum absolute atomic E-state index is 0.0263. The van der Waals surface area contributed by atoms with Crippen molar-refractivity contribution in [2.45, 2.75) is 25.0 Å². The molecule has 1 saturated heterocycles. The van der Waals surface area contributed by atoms with E-state index in [0.717, 1.165) is 18.5 Å². The molecule has 2 unspecified atom stereocenters. The minimum atomic E-state index is -0.257. The maximum Gasteiger partial charge on any atom is 0.234 e. The van der Waals surface area contributed by atoms with Gasteiger partial charge < -0.3 is 10.4 Å². The number of aliphatic hydroxyl groups excluding tert-OH is 1. The number of aliphatic hydroxyl groups is 1. The Kier molecular flexibility index (Phi) is 5.88. The van der Waals surface area contributed by atoms with Crippen LogP contribution in [-0.4, -0.2) is 66.7 Å². The quantitative estimate of drug-likeness (QED) is 0.801. The van der Waals surface area contributed by atoms with E-state index in [0.29, 0.717) is 13.1 Å². The van der Waals surface area contributed by atoms with E-state index in [2.05, 4.69) is 10.2 Å². The molecule has 0 spiro atoms. The standard InChI is InChI=1S/C16H24FN3O2/c1-19(8-12-3-5-13(17)6-4-12)10-16(22)18-14-7-15(11-21)20(2)9-14/h3-6,14-15,21H,7-11H2,1-2H3,(H,18,22). The summed E-state index contributed by atoms with van der Waals surface area (Å²) in [4.78, 5) is 16.0. The fourth-order valence-electron chi connectivity index (χ4n) is 2.87. The topological polar surface area (TPSA) is 55.8 Å². The van der Waals surface area contributed by atoms with Crippen molar-refractivity contribution in [2.24, 2.45) is 0 Å². The summed E-state index contributed by atoms with van der Waals surface area (Å²) in [6.07, 6.45) is 0.778. The SMILES string of the molecule is CN(CC(=O)NC1CC(CO)N(C)C1)Cc1ccc(F)cc1. The molecule has 2 N–H and O–H groups in total. The highest BCUT2D eigenvalue weighted by Crippen LogP contribution is 2.15. The van der Waals surface area contributed by atoms with Gasteiger partial charge in [0.1, 0.15) is 5.82 Å². The first-order valence-electron chi connectivity index (χ1n) is 7.51. The third kappa shape index (κ3) is 4.76. The molecule has 2 rings (SSSR count). The number of likely N-dealkylation sites (tertiary alicyclic amines) is 1. The van der Waals surface area contributed by atoms with Crippen LogP contribution in [0.1, 0.15) is 12.0 Å². The second-order valence-corrected chi connectivity index (χ2v) is 6.07. The van der Waals surface area contributed by atoms with Gasteiger partial charge in [-0.15, -0.1) is 0 Å². The Morgan fingerprint density at radius 3 is 2.73 bits per heavy atom. The first-order valence-corrected chi connectivity index (χ1v) is 7.51. The van der Waals surface area contributed by atoms with Crippen LogP contribution in [0.25, 0.3) is 0 Å². The van der Waals surface area contributed by atoms with Gasteiger partial charge in [0.2, 0.25) is 5.91 Å². The Labute approximate surface area is 130 Å². The predicted molar refractivity (Wildman–Crippen MR) is 82.8 cm³/mol. The second kappa shape index (κ2) is 7.67. The van der Waals surface area contributed by atoms with Crippen molar-refractivity contribution in [3.8, 4) is 0 Å². The average molecular weight is 309 g/mol. The molecule has 1 amide bonds. The van der Waals surface area contributed by atoms with Gasteiger partial charge in [0.05, 0.1) is 13.2 Å². The fraction of sp³-hybridized carbons (Fsp3) is 0.562. The van der Waals surface area contributed by atoms with Gasteiger partial charge in [-0.25, -0.2) is 4.39 Å². The van der Waals surface area contributed by atoms with Gasteiger partial charge in [-0.2, -0.15) is 0 Å². The first-order chi connectivity index (χ1) is 10.5. The maximum atomic E-state index is 12.9. The van der Waals surface area contributed by atoms with Crippen LogP contribution in [0, 0.1) is 5.82 Å². The molecule has 1 heterocycles. The Balaban J connectivity index is 1.76. The number of rotatable bonds is 6. The largest absolute Gasteiger partial charge is 0.395 e. The van der Waals surface area contributed by atoms with Crippen molar-refractivity contribution in [3.05, 3.63) is 35.6 Å². The number of likely N-dealkylation sites (N-methyl/N-ethyl adjacent to an activating group) is 2. The van der Waals surface area contributed by atoms with Crippen LogP contribution in [-0.2, 0) is 11.3 Å². The van der Waals surface area contributed by atoms with Gasteiger partial charge in [-0.1, -0.05) is 12.1 Å². The van der Waals surface area contributed by atoms with Crippen LogP contribution >= 0.6 is 0 Å². The van der Waals surface area contributed by atoms with E-state index in [-0.39, 0.29) is 30.4 Å². The number of hydrogen-bond acceptors (Lipinski definition) is 4. The van der Waals surface area contributed by atoms with Crippen LogP contribution in [0.4, 0.5) is 4.39 Å². The molecular formula is C16H24FN3O2. The molecule has 6 heteroatoms. The maximum absolute atomic E-state index is 12.9. The highest BCUT2D eigenvalue weighted by molar-refractivity contribution is 5.78. The lowest BCUT2D eigenvalue weighted by molar-refractivity contribution is -0.122. The molecule has 0 radical (unpaired) electrons. The molecule has 1 aliphatic heterocycles. The summed E-state index contributed by atoms with van der Waals surface area (Å²) in [5.41, 5.74) is 0.970. The van der Waals surface area contributed by atoms with Crippen LogP contribution in [0.2, 0.25) is 0 Å². The van der Waals surface area contributed by atoms with Gasteiger partial charge in [-0.05, 0) is 38.2 Å². The van der Waals surface area contributed by atoms with Crippen molar-refractivity contribution in [2.75, 3.05) is 33.8 Å². The zero-order valence-electron chi connectivity index (χ0n) is 13.1. The number of amides is 1. The normalized spacial score (nSPS) is 22.2. The monoisotopic (exact) mass is 309 g/mol. The fourth-order valence-corrected chi connectivity index (χ4v) is 2.87. The van der Waals surface area contributed by atoms with Crippen molar-refractivity contribution in [3.63, 3.8) is 0 Å². The van der Waals surface area contributed by atoms with Crippen LogP contribution < -0.4 is 5.32 Å². The van der Waals surface area contributed by atoms with E-state index in [1.807, 2.05) is 19.0 Å². The number of hydrogen-bond donors (Lipinski definition) is 2. The van der Waals surface area contributed by atoms with Crippen LogP contribution in [0.3, 0.4) is 0 Å². The molecule has 0 aliphatic carbocycles. The zero-order valence-corrected chi connectivity index (χ0v) is 13.1. The van der Waals surface area contributed by atoms with Gasteiger partial charge in [0, 0.05) is 25.2 Å². The van der Waals surface area contributed by atoms with Crippen LogP contribution in [0.5, 0.6) is 0 Å². The van der Waals surface area contributed by atoms with Gasteiger partial charge in [0.15, 0.2) is 0 Å². The average Bonchev–Trinajstić information content (AvgIpc) is 2.80. The molecule has 0 aromatic heterocycles. The number of carbonyl (C=O) groups is 1. The molecule has 122 valence electrons. The Hall–Kier alpha value is -1.50. The molecule has 0 bridgehead atoms. The highest BCUT2D eigenvalue weighted by Gasteiger charge is 2.29. The Morgan fingerprint density at radius 1 is 1.45 bits per heavy atom. The zero-order chi connectivity index (χ0) is 16.1. The molecule has 1 fully saturated rings. The van der Waals surface area contributed by atoms with Crippen molar-refractivity contribution >= 4 is 5.91 Å². The lowest BCUT2D eigenvalue weighted by atomic mass is 10.2. The van der Waals surface area contributed by atoms with Crippen molar-refractivity contribution in [1.82, 2.24) is 15.1 Å². The number of nitrogens with one attached hydrogen (secondary N) is 1. The Morgan fingerprint density at radius 2 is 2.14 bits per heavy atom. The van der Waals surface area contributed by atoms with Crippen LogP contribution in [0.15, 0.2) is 24.3 Å². The minimum Gasteiger partial charge on any atom is -0.395 e. The lowest BCUT2D eigenvalue weighted by Crippen LogP contribution is -2.41. The summed E-state index contributed by atoms with van der Waals surface area (Å²) in [6.45, 7) is 1.77. The Bertz CT molecular complexity index is 495. The third-order valence-electron chi connectivity index (χ3n) is 4.04. The number of benzene rings is 1. The predicted octanol–water partition coefficient (Wildman–Crippen LogP) is 0.439. The van der Waals surface area contributed by atoms with Crippen molar-refractivity contribution < 1.29 is 14.3 Å². The van der Waals surface area contributed by atoms with E-state index in [1.165, 1.54) is 12.1 Å². The summed E-state index contributed by atoms with van der Waals surface area (Å²) in [5.74, 6) is -0.283. The number of halogens is 1. The molecule has 1 aromatic carbocycles. The number of carbonyl (C=O) groups excluding carboxylic acids is 1. The summed E-state index contributed by atoms with van der Waals surface area (Å²) in [6, 6.07) is 6.51. The lowest BCUT2D eigenvalue weighted by Gasteiger charge is -2.18. The third-order valence-corrected chi connectivity index (χ3v) is 4.04. The van der Waals surface area contributed by atoms with Crippen molar-refractivity contribution in [1.29, 1.82) is 0 Å². The van der Waals surface area contributed by atoms with Gasteiger partial charge in [-0.3, -0.25) is 14.6 Å². The van der Waals surface area contributed by atoms with E-state index in [4.69, 9.17) is 0 Å². The molecule has 2 atom stereocenters. The molecule has 5 nitrogen and oxygen atoms in total. The van der Waals surface area contributed by atoms with E-state index >= 15 is 0 Å². The van der Waals surface area contributed by atoms with E-state index in [9.17, 15) is 14.3 Å². The highest BCUT2D eigenvalue weighted by atomic mass is 19.1. The van der Waals surface area contributed by atoms with Gasteiger partial charge >= 0.3 is 0 Å². The number of nitrogens with zero attached hydrogens (tertiary/aromatic N) is 2.